The molecule has 0 aliphatic heterocycles. The first-order chi connectivity index (χ1) is 9.74. The first-order valence-electron chi connectivity index (χ1n) is 8.20. The second-order valence-electron chi connectivity index (χ2n) is 6.12. The number of rotatable bonds is 7. The van der Waals surface area contributed by atoms with Gasteiger partial charge in [0.05, 0.1) is 6.61 Å². The van der Waals surface area contributed by atoms with Crippen molar-refractivity contribution in [2.24, 2.45) is 11.8 Å². The Balaban J connectivity index is 2.14. The monoisotopic (exact) mass is 275 g/mol. The summed E-state index contributed by atoms with van der Waals surface area (Å²) in [7, 11) is 0. The molecule has 1 saturated carbocycles. The van der Waals surface area contributed by atoms with Gasteiger partial charge in [-0.3, -0.25) is 0 Å². The molecular weight excluding hydrogens is 246 g/mol. The third-order valence-electron chi connectivity index (χ3n) is 4.35. The fourth-order valence-electron chi connectivity index (χ4n) is 3.37. The summed E-state index contributed by atoms with van der Waals surface area (Å²) in [6.07, 6.45) is 5.26. The van der Waals surface area contributed by atoms with E-state index in [4.69, 9.17) is 4.74 Å². The van der Waals surface area contributed by atoms with Crippen LogP contribution in [0.3, 0.4) is 0 Å². The highest BCUT2D eigenvalue weighted by Crippen LogP contribution is 2.39. The molecular formula is C18H29NO. The van der Waals surface area contributed by atoms with Gasteiger partial charge in [-0.15, -0.1) is 0 Å². The zero-order valence-corrected chi connectivity index (χ0v) is 13.2. The van der Waals surface area contributed by atoms with Gasteiger partial charge in [0.2, 0.25) is 0 Å². The first kappa shape index (κ1) is 15.4. The van der Waals surface area contributed by atoms with Gasteiger partial charge in [-0.1, -0.05) is 32.4 Å². The molecule has 0 bridgehead atoms. The lowest BCUT2D eigenvalue weighted by Crippen LogP contribution is -2.28. The molecule has 3 atom stereocenters. The molecule has 1 fully saturated rings. The number of ether oxygens (including phenoxy) is 1. The lowest BCUT2D eigenvalue weighted by atomic mass is 9.90. The molecule has 1 aromatic rings. The van der Waals surface area contributed by atoms with Gasteiger partial charge in [0.25, 0.3) is 0 Å². The Kier molecular flexibility index (Phi) is 5.90. The molecule has 0 spiro atoms. The highest BCUT2D eigenvalue weighted by atomic mass is 16.5. The predicted octanol–water partition coefficient (Wildman–Crippen LogP) is 4.56. The van der Waals surface area contributed by atoms with E-state index in [0.29, 0.717) is 6.04 Å². The van der Waals surface area contributed by atoms with Crippen LogP contribution in [0, 0.1) is 11.8 Å². The zero-order valence-electron chi connectivity index (χ0n) is 13.2. The summed E-state index contributed by atoms with van der Waals surface area (Å²) in [5, 5.41) is 3.76. The van der Waals surface area contributed by atoms with Crippen LogP contribution in [0.4, 0.5) is 0 Å². The van der Waals surface area contributed by atoms with Crippen LogP contribution >= 0.6 is 0 Å². The molecule has 0 heterocycles. The van der Waals surface area contributed by atoms with Crippen LogP contribution in [0.5, 0.6) is 5.75 Å². The molecule has 2 heteroatoms. The van der Waals surface area contributed by atoms with Crippen LogP contribution in [0.1, 0.15) is 58.1 Å². The SMILES string of the molecule is CCCNC(c1cccc(OCC)c1)C1CCC(C)C1. The molecule has 1 aliphatic carbocycles. The maximum atomic E-state index is 5.66. The van der Waals surface area contributed by atoms with E-state index < -0.39 is 0 Å². The summed E-state index contributed by atoms with van der Waals surface area (Å²) in [5.41, 5.74) is 1.39. The van der Waals surface area contributed by atoms with E-state index in [0.717, 1.165) is 30.7 Å². The van der Waals surface area contributed by atoms with E-state index in [1.165, 1.54) is 31.2 Å². The van der Waals surface area contributed by atoms with E-state index in [1.54, 1.807) is 0 Å². The van der Waals surface area contributed by atoms with Crippen molar-refractivity contribution in [2.45, 2.75) is 52.5 Å². The topological polar surface area (TPSA) is 21.3 Å². The Hall–Kier alpha value is -1.02. The summed E-state index contributed by atoms with van der Waals surface area (Å²) in [5.74, 6) is 2.65. The van der Waals surface area contributed by atoms with Gasteiger partial charge in [0, 0.05) is 6.04 Å². The molecule has 2 nitrogen and oxygen atoms in total. The molecule has 0 amide bonds. The molecule has 1 N–H and O–H groups in total. The summed E-state index contributed by atoms with van der Waals surface area (Å²) < 4.78 is 5.66. The predicted molar refractivity (Wildman–Crippen MR) is 85.2 cm³/mol. The number of nitrogens with one attached hydrogen (secondary N) is 1. The van der Waals surface area contributed by atoms with Gasteiger partial charge in [-0.05, 0) is 62.3 Å². The van der Waals surface area contributed by atoms with E-state index in [9.17, 15) is 0 Å². The van der Waals surface area contributed by atoms with E-state index in [1.807, 2.05) is 6.92 Å². The highest BCUT2D eigenvalue weighted by Gasteiger charge is 2.29. The molecule has 3 unspecified atom stereocenters. The largest absolute Gasteiger partial charge is 0.494 e. The molecule has 20 heavy (non-hydrogen) atoms. The van der Waals surface area contributed by atoms with Gasteiger partial charge in [0.1, 0.15) is 5.75 Å². The standard InChI is InChI=1S/C18H29NO/c1-4-11-19-18(16-10-9-14(3)12-16)15-7-6-8-17(13-15)20-5-2/h6-8,13-14,16,18-19H,4-5,9-12H2,1-3H3. The Morgan fingerprint density at radius 3 is 2.80 bits per heavy atom. The van der Waals surface area contributed by atoms with Crippen molar-refractivity contribution in [3.8, 4) is 5.75 Å². The van der Waals surface area contributed by atoms with Crippen molar-refractivity contribution in [1.82, 2.24) is 5.32 Å². The number of hydrogen-bond donors (Lipinski definition) is 1. The molecule has 0 saturated heterocycles. The lowest BCUT2D eigenvalue weighted by Gasteiger charge is -2.26. The zero-order chi connectivity index (χ0) is 14.4. The fraction of sp³-hybridized carbons (Fsp3) is 0.667. The molecule has 112 valence electrons. The van der Waals surface area contributed by atoms with Crippen LogP contribution in [-0.4, -0.2) is 13.2 Å². The van der Waals surface area contributed by atoms with E-state index >= 15 is 0 Å². The fourth-order valence-corrected chi connectivity index (χ4v) is 3.37. The number of hydrogen-bond acceptors (Lipinski definition) is 2. The molecule has 0 aromatic heterocycles. The van der Waals surface area contributed by atoms with Crippen molar-refractivity contribution >= 4 is 0 Å². The quantitative estimate of drug-likeness (QED) is 0.787. The summed E-state index contributed by atoms with van der Waals surface area (Å²) in [6.45, 7) is 8.48. The average Bonchev–Trinajstić information content (AvgIpc) is 2.87. The van der Waals surface area contributed by atoms with Crippen molar-refractivity contribution in [2.75, 3.05) is 13.2 Å². The summed E-state index contributed by atoms with van der Waals surface area (Å²) in [6, 6.07) is 9.14. The highest BCUT2D eigenvalue weighted by molar-refractivity contribution is 5.31. The second kappa shape index (κ2) is 7.68. The molecule has 1 aliphatic rings. The minimum absolute atomic E-state index is 0.486. The molecule has 2 rings (SSSR count). The van der Waals surface area contributed by atoms with Gasteiger partial charge in [-0.2, -0.15) is 0 Å². The lowest BCUT2D eigenvalue weighted by molar-refractivity contribution is 0.334. The first-order valence-corrected chi connectivity index (χ1v) is 8.20. The van der Waals surface area contributed by atoms with Gasteiger partial charge >= 0.3 is 0 Å². The van der Waals surface area contributed by atoms with Crippen LogP contribution in [0.2, 0.25) is 0 Å². The van der Waals surface area contributed by atoms with Gasteiger partial charge in [-0.25, -0.2) is 0 Å². The van der Waals surface area contributed by atoms with Crippen LogP contribution in [0.15, 0.2) is 24.3 Å². The van der Waals surface area contributed by atoms with Crippen LogP contribution in [-0.2, 0) is 0 Å². The van der Waals surface area contributed by atoms with E-state index in [-0.39, 0.29) is 0 Å². The average molecular weight is 275 g/mol. The number of benzene rings is 1. The van der Waals surface area contributed by atoms with Gasteiger partial charge < -0.3 is 10.1 Å². The van der Waals surface area contributed by atoms with Crippen LogP contribution in [0.25, 0.3) is 0 Å². The van der Waals surface area contributed by atoms with Crippen LogP contribution < -0.4 is 10.1 Å². The smallest absolute Gasteiger partial charge is 0.119 e. The minimum atomic E-state index is 0.486. The van der Waals surface area contributed by atoms with Gasteiger partial charge in [0.15, 0.2) is 0 Å². The van der Waals surface area contributed by atoms with Crippen molar-refractivity contribution in [3.05, 3.63) is 29.8 Å². The normalized spacial score (nSPS) is 23.8. The Morgan fingerprint density at radius 2 is 2.15 bits per heavy atom. The summed E-state index contributed by atoms with van der Waals surface area (Å²) >= 11 is 0. The summed E-state index contributed by atoms with van der Waals surface area (Å²) in [4.78, 5) is 0. The molecule has 1 aromatic carbocycles. The van der Waals surface area contributed by atoms with Crippen molar-refractivity contribution < 1.29 is 4.74 Å². The Labute approximate surface area is 123 Å². The van der Waals surface area contributed by atoms with Crippen molar-refractivity contribution in [1.29, 1.82) is 0 Å². The third-order valence-corrected chi connectivity index (χ3v) is 4.35. The Bertz CT molecular complexity index is 404. The molecule has 0 radical (unpaired) electrons. The maximum Gasteiger partial charge on any atom is 0.119 e. The second-order valence-corrected chi connectivity index (χ2v) is 6.12. The van der Waals surface area contributed by atoms with E-state index in [2.05, 4.69) is 43.4 Å². The van der Waals surface area contributed by atoms with Crippen molar-refractivity contribution in [3.63, 3.8) is 0 Å². The minimum Gasteiger partial charge on any atom is -0.494 e. The Morgan fingerprint density at radius 1 is 1.30 bits per heavy atom. The third kappa shape index (κ3) is 3.99. The maximum absolute atomic E-state index is 5.66.